The van der Waals surface area contributed by atoms with Crippen molar-refractivity contribution in [3.63, 3.8) is 0 Å². The zero-order valence-electron chi connectivity index (χ0n) is 16.2. The number of morpholine rings is 1. The first kappa shape index (κ1) is 19.4. The van der Waals surface area contributed by atoms with Crippen LogP contribution >= 0.6 is 0 Å². The monoisotopic (exact) mass is 372 g/mol. The zero-order valence-corrected chi connectivity index (χ0v) is 16.2. The molecule has 0 aliphatic carbocycles. The molecule has 1 aliphatic heterocycles. The third kappa shape index (κ3) is 5.30. The molecule has 7 heteroatoms. The lowest BCUT2D eigenvalue weighted by atomic mass is 10.2. The van der Waals surface area contributed by atoms with E-state index < -0.39 is 0 Å². The van der Waals surface area contributed by atoms with Gasteiger partial charge in [-0.3, -0.25) is 9.69 Å². The first-order valence-electron chi connectivity index (χ1n) is 9.36. The zero-order chi connectivity index (χ0) is 19.2. The molecule has 0 radical (unpaired) electrons. The van der Waals surface area contributed by atoms with E-state index in [4.69, 9.17) is 9.47 Å². The van der Waals surface area contributed by atoms with Crippen molar-refractivity contribution in [2.45, 2.75) is 39.0 Å². The molecular weight excluding hydrogens is 344 g/mol. The highest BCUT2D eigenvalue weighted by Gasteiger charge is 2.22. The summed E-state index contributed by atoms with van der Waals surface area (Å²) < 4.78 is 12.9. The van der Waals surface area contributed by atoms with Gasteiger partial charge in [-0.05, 0) is 26.0 Å². The van der Waals surface area contributed by atoms with Crippen molar-refractivity contribution in [2.24, 2.45) is 0 Å². The molecule has 0 bridgehead atoms. The van der Waals surface area contributed by atoms with Crippen molar-refractivity contribution in [3.8, 4) is 11.4 Å². The minimum Gasteiger partial charge on any atom is -0.494 e. The van der Waals surface area contributed by atoms with Gasteiger partial charge >= 0.3 is 0 Å². The minimum atomic E-state index is 0.0480. The van der Waals surface area contributed by atoms with Crippen LogP contribution in [-0.2, 0) is 16.1 Å². The standard InChI is InChI=1S/C20H28N4O3/c1-15-12-23(13-16(2)27-15)9-8-20(25)21-10-17-11-22-24(14-17)18-6-4-5-7-19(18)26-3/h4-7,11,14-16H,8-10,12-13H2,1-3H3,(H,21,25)/t15-,16+. The van der Waals surface area contributed by atoms with E-state index in [9.17, 15) is 4.79 Å². The van der Waals surface area contributed by atoms with Gasteiger partial charge in [-0.2, -0.15) is 5.10 Å². The quantitative estimate of drug-likeness (QED) is 0.805. The van der Waals surface area contributed by atoms with E-state index >= 15 is 0 Å². The number of amides is 1. The Morgan fingerprint density at radius 1 is 1.30 bits per heavy atom. The van der Waals surface area contributed by atoms with Crippen molar-refractivity contribution in [2.75, 3.05) is 26.7 Å². The van der Waals surface area contributed by atoms with Crippen LogP contribution in [-0.4, -0.2) is 59.5 Å². The van der Waals surface area contributed by atoms with Crippen molar-refractivity contribution in [3.05, 3.63) is 42.2 Å². The maximum absolute atomic E-state index is 12.2. The van der Waals surface area contributed by atoms with Crippen LogP contribution in [0.1, 0.15) is 25.8 Å². The predicted octanol–water partition coefficient (Wildman–Crippen LogP) is 2.00. The molecule has 3 rings (SSSR count). The Labute approximate surface area is 160 Å². The van der Waals surface area contributed by atoms with Crippen LogP contribution in [0.5, 0.6) is 5.75 Å². The summed E-state index contributed by atoms with van der Waals surface area (Å²) in [6.07, 6.45) is 4.59. The van der Waals surface area contributed by atoms with E-state index in [2.05, 4.69) is 29.2 Å². The van der Waals surface area contributed by atoms with Crippen LogP contribution in [0.2, 0.25) is 0 Å². The second-order valence-electron chi connectivity index (χ2n) is 7.01. The summed E-state index contributed by atoms with van der Waals surface area (Å²) >= 11 is 0. The van der Waals surface area contributed by atoms with Crippen LogP contribution in [0.15, 0.2) is 36.7 Å². The van der Waals surface area contributed by atoms with Gasteiger partial charge in [0.05, 0.1) is 25.5 Å². The van der Waals surface area contributed by atoms with Crippen molar-refractivity contribution >= 4 is 5.91 Å². The van der Waals surface area contributed by atoms with Gasteiger partial charge < -0.3 is 14.8 Å². The van der Waals surface area contributed by atoms with E-state index in [0.717, 1.165) is 36.6 Å². The highest BCUT2D eigenvalue weighted by atomic mass is 16.5. The van der Waals surface area contributed by atoms with Gasteiger partial charge in [0.2, 0.25) is 5.91 Å². The summed E-state index contributed by atoms with van der Waals surface area (Å²) in [7, 11) is 1.64. The summed E-state index contributed by atoms with van der Waals surface area (Å²) in [5.41, 5.74) is 1.82. The Kier molecular flexibility index (Phi) is 6.47. The number of carbonyl (C=O) groups is 1. The number of rotatable bonds is 7. The summed E-state index contributed by atoms with van der Waals surface area (Å²) in [5, 5.41) is 7.35. The maximum atomic E-state index is 12.2. The molecule has 146 valence electrons. The molecule has 1 aromatic heterocycles. The van der Waals surface area contributed by atoms with Gasteiger partial charge in [-0.25, -0.2) is 4.68 Å². The molecule has 0 unspecified atom stereocenters. The van der Waals surface area contributed by atoms with E-state index in [1.165, 1.54) is 0 Å². The average Bonchev–Trinajstić information content (AvgIpc) is 3.13. The minimum absolute atomic E-state index is 0.0480. The molecule has 1 saturated heterocycles. The fourth-order valence-corrected chi connectivity index (χ4v) is 3.42. The maximum Gasteiger partial charge on any atom is 0.221 e. The fourth-order valence-electron chi connectivity index (χ4n) is 3.42. The smallest absolute Gasteiger partial charge is 0.221 e. The third-order valence-corrected chi connectivity index (χ3v) is 4.61. The van der Waals surface area contributed by atoms with Crippen LogP contribution in [0.3, 0.4) is 0 Å². The molecule has 7 nitrogen and oxygen atoms in total. The number of aromatic nitrogens is 2. The molecule has 2 atom stereocenters. The van der Waals surface area contributed by atoms with Crippen molar-refractivity contribution < 1.29 is 14.3 Å². The number of ether oxygens (including phenoxy) is 2. The summed E-state index contributed by atoms with van der Waals surface area (Å²) in [5.74, 6) is 0.803. The van der Waals surface area contributed by atoms with Gasteiger partial charge in [0.25, 0.3) is 0 Å². The SMILES string of the molecule is COc1ccccc1-n1cc(CNC(=O)CCN2C[C@@H](C)O[C@@H](C)C2)cn1. The first-order chi connectivity index (χ1) is 13.0. The molecule has 0 spiro atoms. The molecule has 0 saturated carbocycles. The van der Waals surface area contributed by atoms with Crippen molar-refractivity contribution in [1.82, 2.24) is 20.0 Å². The molecule has 1 N–H and O–H groups in total. The number of benzene rings is 1. The molecular formula is C20H28N4O3. The van der Waals surface area contributed by atoms with Crippen LogP contribution in [0.25, 0.3) is 5.69 Å². The summed E-state index contributed by atoms with van der Waals surface area (Å²) in [6, 6.07) is 7.70. The van der Waals surface area contributed by atoms with E-state index in [0.29, 0.717) is 13.0 Å². The van der Waals surface area contributed by atoms with E-state index in [1.807, 2.05) is 30.5 Å². The van der Waals surface area contributed by atoms with Gasteiger partial charge in [0.15, 0.2) is 0 Å². The molecule has 1 aliphatic rings. The normalized spacial score (nSPS) is 20.4. The highest BCUT2D eigenvalue weighted by Crippen LogP contribution is 2.21. The van der Waals surface area contributed by atoms with Gasteiger partial charge in [0, 0.05) is 44.4 Å². The summed E-state index contributed by atoms with van der Waals surface area (Å²) in [6.45, 7) is 7.12. The Morgan fingerprint density at radius 3 is 2.78 bits per heavy atom. The average molecular weight is 372 g/mol. The molecule has 27 heavy (non-hydrogen) atoms. The predicted molar refractivity (Wildman–Crippen MR) is 103 cm³/mol. The number of methoxy groups -OCH3 is 1. The number of hydrogen-bond donors (Lipinski definition) is 1. The molecule has 1 fully saturated rings. The third-order valence-electron chi connectivity index (χ3n) is 4.61. The van der Waals surface area contributed by atoms with Gasteiger partial charge in [-0.1, -0.05) is 12.1 Å². The highest BCUT2D eigenvalue weighted by molar-refractivity contribution is 5.76. The molecule has 1 aromatic carbocycles. The number of nitrogens with zero attached hydrogens (tertiary/aromatic N) is 3. The Bertz CT molecular complexity index is 751. The summed E-state index contributed by atoms with van der Waals surface area (Å²) in [4.78, 5) is 14.5. The number of para-hydroxylation sites is 2. The first-order valence-corrected chi connectivity index (χ1v) is 9.36. The van der Waals surface area contributed by atoms with Gasteiger partial charge in [0.1, 0.15) is 11.4 Å². The van der Waals surface area contributed by atoms with E-state index in [-0.39, 0.29) is 18.1 Å². The Morgan fingerprint density at radius 2 is 2.04 bits per heavy atom. The van der Waals surface area contributed by atoms with Crippen molar-refractivity contribution in [1.29, 1.82) is 0 Å². The number of hydrogen-bond acceptors (Lipinski definition) is 5. The molecule has 1 amide bonds. The van der Waals surface area contributed by atoms with Gasteiger partial charge in [-0.15, -0.1) is 0 Å². The van der Waals surface area contributed by atoms with E-state index in [1.54, 1.807) is 18.0 Å². The fraction of sp³-hybridized carbons (Fsp3) is 0.500. The Balaban J connectivity index is 1.48. The second kappa shape index (κ2) is 9.01. The van der Waals surface area contributed by atoms with Crippen LogP contribution in [0, 0.1) is 0 Å². The second-order valence-corrected chi connectivity index (χ2v) is 7.01. The lowest BCUT2D eigenvalue weighted by Crippen LogP contribution is -2.46. The topological polar surface area (TPSA) is 68.6 Å². The number of carbonyl (C=O) groups excluding carboxylic acids is 1. The lowest BCUT2D eigenvalue weighted by molar-refractivity contribution is -0.122. The van der Waals surface area contributed by atoms with Crippen LogP contribution in [0.4, 0.5) is 0 Å². The Hall–Kier alpha value is -2.38. The molecule has 2 heterocycles. The molecule has 2 aromatic rings. The lowest BCUT2D eigenvalue weighted by Gasteiger charge is -2.35. The number of nitrogens with one attached hydrogen (secondary N) is 1. The van der Waals surface area contributed by atoms with Crippen LogP contribution < -0.4 is 10.1 Å². The largest absolute Gasteiger partial charge is 0.494 e.